The van der Waals surface area contributed by atoms with Crippen LogP contribution in [0.15, 0.2) is 0 Å². The number of ether oxygens (including phenoxy) is 1. The van der Waals surface area contributed by atoms with Gasteiger partial charge < -0.3 is 9.84 Å². The fraction of sp³-hybridized carbons (Fsp3) is 1.00. The first kappa shape index (κ1) is 11.4. The first-order valence-electron chi connectivity index (χ1n) is 6.64. The van der Waals surface area contributed by atoms with Crippen molar-refractivity contribution in [2.24, 2.45) is 5.92 Å². The van der Waals surface area contributed by atoms with Gasteiger partial charge in [0.15, 0.2) is 0 Å². The van der Waals surface area contributed by atoms with E-state index in [2.05, 4.69) is 6.92 Å². The molecule has 2 heterocycles. The van der Waals surface area contributed by atoms with E-state index >= 15 is 0 Å². The number of fused-ring (bicyclic) bond motifs is 2. The van der Waals surface area contributed by atoms with E-state index in [0.717, 1.165) is 12.8 Å². The zero-order chi connectivity index (χ0) is 10.7. The molecule has 2 aliphatic heterocycles. The molecule has 15 heavy (non-hydrogen) atoms. The molecule has 0 amide bonds. The number of rotatable bonds is 6. The summed E-state index contributed by atoms with van der Waals surface area (Å²) in [5.41, 5.74) is 0. The van der Waals surface area contributed by atoms with Gasteiger partial charge in [-0.15, -0.1) is 0 Å². The SMILES string of the molecule is CCCCCCC(O)C1CC2CCC1O2. The molecule has 2 aliphatic rings. The minimum absolute atomic E-state index is 0.0999. The molecule has 2 nitrogen and oxygen atoms in total. The van der Waals surface area contributed by atoms with Gasteiger partial charge in [0.05, 0.1) is 18.3 Å². The molecular formula is C13H24O2. The molecule has 0 aliphatic carbocycles. The monoisotopic (exact) mass is 212 g/mol. The second-order valence-corrected chi connectivity index (χ2v) is 5.19. The third-order valence-electron chi connectivity index (χ3n) is 4.00. The van der Waals surface area contributed by atoms with E-state index in [1.54, 1.807) is 0 Å². The summed E-state index contributed by atoms with van der Waals surface area (Å²) in [6.07, 6.45) is 10.3. The van der Waals surface area contributed by atoms with Crippen LogP contribution in [0, 0.1) is 5.92 Å². The third kappa shape index (κ3) is 2.73. The Kier molecular flexibility index (Phi) is 4.04. The van der Waals surface area contributed by atoms with E-state index in [-0.39, 0.29) is 6.10 Å². The predicted molar refractivity (Wildman–Crippen MR) is 60.8 cm³/mol. The fourth-order valence-corrected chi connectivity index (χ4v) is 3.08. The summed E-state index contributed by atoms with van der Waals surface area (Å²) in [7, 11) is 0. The van der Waals surface area contributed by atoms with Gasteiger partial charge in [0, 0.05) is 5.92 Å². The smallest absolute Gasteiger partial charge is 0.0633 e. The van der Waals surface area contributed by atoms with Crippen LogP contribution in [-0.2, 0) is 4.74 Å². The lowest BCUT2D eigenvalue weighted by atomic mass is 9.83. The molecule has 2 heteroatoms. The van der Waals surface area contributed by atoms with Gasteiger partial charge in [0.1, 0.15) is 0 Å². The van der Waals surface area contributed by atoms with Gasteiger partial charge in [-0.1, -0.05) is 32.6 Å². The predicted octanol–water partition coefficient (Wildman–Crippen LogP) is 2.89. The lowest BCUT2D eigenvalue weighted by Crippen LogP contribution is -2.29. The molecule has 2 rings (SSSR count). The summed E-state index contributed by atoms with van der Waals surface area (Å²) in [6, 6.07) is 0. The summed E-state index contributed by atoms with van der Waals surface area (Å²) in [4.78, 5) is 0. The fourth-order valence-electron chi connectivity index (χ4n) is 3.08. The van der Waals surface area contributed by atoms with Crippen molar-refractivity contribution in [2.45, 2.75) is 76.6 Å². The molecular weight excluding hydrogens is 188 g/mol. The lowest BCUT2D eigenvalue weighted by molar-refractivity contribution is 0.0377. The molecule has 2 fully saturated rings. The number of aliphatic hydroxyl groups is 1. The highest BCUT2D eigenvalue weighted by Gasteiger charge is 2.43. The van der Waals surface area contributed by atoms with Crippen LogP contribution >= 0.6 is 0 Å². The van der Waals surface area contributed by atoms with Crippen LogP contribution in [-0.4, -0.2) is 23.4 Å². The quantitative estimate of drug-likeness (QED) is 0.686. The molecule has 1 N–H and O–H groups in total. The number of aliphatic hydroxyl groups excluding tert-OH is 1. The van der Waals surface area contributed by atoms with Gasteiger partial charge in [-0.25, -0.2) is 0 Å². The summed E-state index contributed by atoms with van der Waals surface area (Å²) >= 11 is 0. The minimum atomic E-state index is -0.0999. The largest absolute Gasteiger partial charge is 0.393 e. The van der Waals surface area contributed by atoms with E-state index in [0.29, 0.717) is 18.1 Å². The highest BCUT2D eigenvalue weighted by atomic mass is 16.5. The van der Waals surface area contributed by atoms with Crippen molar-refractivity contribution in [1.82, 2.24) is 0 Å². The number of unbranched alkanes of at least 4 members (excludes halogenated alkanes) is 3. The third-order valence-corrected chi connectivity index (χ3v) is 4.00. The minimum Gasteiger partial charge on any atom is -0.393 e. The molecule has 0 saturated carbocycles. The van der Waals surface area contributed by atoms with Crippen LogP contribution in [0.4, 0.5) is 0 Å². The molecule has 0 radical (unpaired) electrons. The average molecular weight is 212 g/mol. The maximum absolute atomic E-state index is 10.1. The maximum atomic E-state index is 10.1. The molecule has 4 atom stereocenters. The Morgan fingerprint density at radius 1 is 1.27 bits per heavy atom. The Hall–Kier alpha value is -0.0800. The highest BCUT2D eigenvalue weighted by molar-refractivity contribution is 4.92. The van der Waals surface area contributed by atoms with Gasteiger partial charge in [-0.05, 0) is 25.7 Å². The van der Waals surface area contributed by atoms with Crippen LogP contribution in [0.25, 0.3) is 0 Å². The van der Waals surface area contributed by atoms with Crippen LogP contribution < -0.4 is 0 Å². The van der Waals surface area contributed by atoms with Crippen LogP contribution in [0.1, 0.15) is 58.3 Å². The Morgan fingerprint density at radius 3 is 2.73 bits per heavy atom. The molecule has 0 aromatic carbocycles. The summed E-state index contributed by atoms with van der Waals surface area (Å²) in [5, 5.41) is 10.1. The van der Waals surface area contributed by atoms with Crippen molar-refractivity contribution in [3.63, 3.8) is 0 Å². The standard InChI is InChI=1S/C13H24O2/c1-2-3-4-5-6-12(14)11-9-10-7-8-13(11)15-10/h10-14H,2-9H2,1H3. The Bertz CT molecular complexity index is 193. The van der Waals surface area contributed by atoms with E-state index in [1.807, 2.05) is 0 Å². The van der Waals surface area contributed by atoms with Gasteiger partial charge >= 0.3 is 0 Å². The van der Waals surface area contributed by atoms with Crippen LogP contribution in [0.2, 0.25) is 0 Å². The Morgan fingerprint density at radius 2 is 2.13 bits per heavy atom. The molecule has 2 bridgehead atoms. The molecule has 2 saturated heterocycles. The lowest BCUT2D eigenvalue weighted by Gasteiger charge is -2.24. The van der Waals surface area contributed by atoms with E-state index in [1.165, 1.54) is 38.5 Å². The zero-order valence-electron chi connectivity index (χ0n) is 9.82. The van der Waals surface area contributed by atoms with E-state index in [9.17, 15) is 5.11 Å². The van der Waals surface area contributed by atoms with Gasteiger partial charge in [0.25, 0.3) is 0 Å². The highest BCUT2D eigenvalue weighted by Crippen LogP contribution is 2.41. The van der Waals surface area contributed by atoms with Crippen molar-refractivity contribution in [3.05, 3.63) is 0 Å². The van der Waals surface area contributed by atoms with Gasteiger partial charge in [-0.3, -0.25) is 0 Å². The maximum Gasteiger partial charge on any atom is 0.0633 e. The second kappa shape index (κ2) is 5.31. The Balaban J connectivity index is 1.65. The van der Waals surface area contributed by atoms with Crippen LogP contribution in [0.3, 0.4) is 0 Å². The summed E-state index contributed by atoms with van der Waals surface area (Å²) in [6.45, 7) is 2.22. The molecule has 0 aromatic rings. The van der Waals surface area contributed by atoms with Crippen molar-refractivity contribution >= 4 is 0 Å². The van der Waals surface area contributed by atoms with Crippen molar-refractivity contribution in [3.8, 4) is 0 Å². The summed E-state index contributed by atoms with van der Waals surface area (Å²) < 4.78 is 5.77. The second-order valence-electron chi connectivity index (χ2n) is 5.19. The van der Waals surface area contributed by atoms with Crippen LogP contribution in [0.5, 0.6) is 0 Å². The molecule has 88 valence electrons. The summed E-state index contributed by atoms with van der Waals surface area (Å²) in [5.74, 6) is 0.449. The van der Waals surface area contributed by atoms with Gasteiger partial charge in [0.2, 0.25) is 0 Å². The molecule has 4 unspecified atom stereocenters. The first-order chi connectivity index (χ1) is 7.31. The van der Waals surface area contributed by atoms with E-state index < -0.39 is 0 Å². The molecule has 0 aromatic heterocycles. The number of hydrogen-bond donors (Lipinski definition) is 1. The van der Waals surface area contributed by atoms with Crippen molar-refractivity contribution in [1.29, 1.82) is 0 Å². The van der Waals surface area contributed by atoms with Crippen molar-refractivity contribution in [2.75, 3.05) is 0 Å². The van der Waals surface area contributed by atoms with E-state index in [4.69, 9.17) is 4.74 Å². The Labute approximate surface area is 93.0 Å². The molecule has 0 spiro atoms. The zero-order valence-corrected chi connectivity index (χ0v) is 9.82. The average Bonchev–Trinajstić information content (AvgIpc) is 2.85. The topological polar surface area (TPSA) is 29.5 Å². The normalized spacial score (nSPS) is 36.0. The van der Waals surface area contributed by atoms with Gasteiger partial charge in [-0.2, -0.15) is 0 Å². The van der Waals surface area contributed by atoms with Crippen molar-refractivity contribution < 1.29 is 9.84 Å². The number of hydrogen-bond acceptors (Lipinski definition) is 2. The first-order valence-corrected chi connectivity index (χ1v) is 6.64.